The van der Waals surface area contributed by atoms with Gasteiger partial charge in [-0.25, -0.2) is 9.10 Å². The largest absolute Gasteiger partial charge is 0.465 e. The average Bonchev–Trinajstić information content (AvgIpc) is 2.87. The lowest BCUT2D eigenvalue weighted by atomic mass is 10.2. The Balaban J connectivity index is 1.46. The van der Waals surface area contributed by atoms with Crippen molar-refractivity contribution >= 4 is 33.4 Å². The van der Waals surface area contributed by atoms with E-state index in [1.165, 1.54) is 13.5 Å². The fourth-order valence-corrected chi connectivity index (χ4v) is 5.84. The van der Waals surface area contributed by atoms with Crippen LogP contribution in [0.15, 0.2) is 54.6 Å². The highest BCUT2D eigenvalue weighted by Gasteiger charge is 2.40. The molecule has 9 heteroatoms. The maximum Gasteiger partial charge on any atom is 0.407 e. The van der Waals surface area contributed by atoms with Gasteiger partial charge in [0.05, 0.1) is 17.1 Å². The van der Waals surface area contributed by atoms with E-state index in [1.807, 2.05) is 42.5 Å². The van der Waals surface area contributed by atoms with Crippen LogP contribution in [0, 0.1) is 0 Å². The summed E-state index contributed by atoms with van der Waals surface area (Å²) in [4.78, 5) is 14.8. The number of para-hydroxylation sites is 3. The Morgan fingerprint density at radius 2 is 1.57 bits per heavy atom. The van der Waals surface area contributed by atoms with Crippen molar-refractivity contribution in [1.29, 1.82) is 0 Å². The first-order valence-corrected chi connectivity index (χ1v) is 11.6. The summed E-state index contributed by atoms with van der Waals surface area (Å²) in [6, 6.07) is 16.5. The van der Waals surface area contributed by atoms with Gasteiger partial charge in [-0.15, -0.1) is 0 Å². The molecule has 2 heterocycles. The van der Waals surface area contributed by atoms with Crippen LogP contribution in [0.1, 0.15) is 12.8 Å². The van der Waals surface area contributed by atoms with Gasteiger partial charge in [0.25, 0.3) is 0 Å². The van der Waals surface area contributed by atoms with Crippen molar-refractivity contribution in [3.63, 3.8) is 0 Å². The van der Waals surface area contributed by atoms with E-state index in [2.05, 4.69) is 4.90 Å². The summed E-state index contributed by atoms with van der Waals surface area (Å²) in [6.07, 6.45) is 0.583. The van der Waals surface area contributed by atoms with Crippen LogP contribution >= 0.6 is 0 Å². The molecular formula is C21H26N4O4S. The van der Waals surface area contributed by atoms with Crippen molar-refractivity contribution < 1.29 is 18.3 Å². The lowest BCUT2D eigenvalue weighted by Gasteiger charge is -2.24. The van der Waals surface area contributed by atoms with Crippen LogP contribution in [-0.2, 0) is 10.2 Å². The van der Waals surface area contributed by atoms with Gasteiger partial charge in [0, 0.05) is 26.2 Å². The second-order valence-corrected chi connectivity index (χ2v) is 9.19. The summed E-state index contributed by atoms with van der Waals surface area (Å²) in [5, 5.41) is 9.17. The van der Waals surface area contributed by atoms with E-state index in [0.717, 1.165) is 19.5 Å². The normalized spacial score (nSPS) is 18.9. The number of amides is 1. The molecule has 0 atom stereocenters. The summed E-state index contributed by atoms with van der Waals surface area (Å²) in [5.74, 6) is 0. The first kappa shape index (κ1) is 20.5. The summed E-state index contributed by atoms with van der Waals surface area (Å²) in [6.45, 7) is 3.64. The number of hydrogen-bond acceptors (Lipinski definition) is 4. The van der Waals surface area contributed by atoms with Crippen LogP contribution in [0.5, 0.6) is 0 Å². The number of hydrogen-bond donors (Lipinski definition) is 1. The number of anilines is 3. The van der Waals surface area contributed by atoms with Crippen molar-refractivity contribution in [2.75, 3.05) is 47.9 Å². The highest BCUT2D eigenvalue weighted by atomic mass is 32.2. The van der Waals surface area contributed by atoms with E-state index in [9.17, 15) is 13.2 Å². The zero-order valence-corrected chi connectivity index (χ0v) is 17.5. The van der Waals surface area contributed by atoms with Crippen LogP contribution in [0.4, 0.5) is 21.9 Å². The Morgan fingerprint density at radius 3 is 2.30 bits per heavy atom. The fraction of sp³-hybridized carbons (Fsp3) is 0.381. The highest BCUT2D eigenvalue weighted by Crippen LogP contribution is 2.44. The van der Waals surface area contributed by atoms with Crippen molar-refractivity contribution in [2.24, 2.45) is 0 Å². The molecule has 30 heavy (non-hydrogen) atoms. The zero-order valence-electron chi connectivity index (χ0n) is 16.7. The molecule has 2 aromatic rings. The zero-order chi connectivity index (χ0) is 21.1. The minimum absolute atomic E-state index is 0.377. The molecule has 0 radical (unpaired) electrons. The molecule has 2 aromatic carbocycles. The van der Waals surface area contributed by atoms with Crippen LogP contribution in [0.25, 0.3) is 0 Å². The molecule has 8 nitrogen and oxygen atoms in total. The molecule has 4 rings (SSSR count). The minimum Gasteiger partial charge on any atom is -0.465 e. The molecule has 0 aromatic heterocycles. The van der Waals surface area contributed by atoms with E-state index in [0.29, 0.717) is 49.7 Å². The number of carboxylic acid groups (broad SMARTS) is 1. The number of carbonyl (C=O) groups is 1. The third-order valence-electron chi connectivity index (χ3n) is 5.56. The second-order valence-electron chi connectivity index (χ2n) is 7.49. The van der Waals surface area contributed by atoms with Gasteiger partial charge in [-0.2, -0.15) is 8.42 Å². The Bertz CT molecular complexity index is 999. The second kappa shape index (κ2) is 8.53. The van der Waals surface area contributed by atoms with Crippen LogP contribution in [0.2, 0.25) is 0 Å². The third-order valence-corrected chi connectivity index (χ3v) is 7.37. The van der Waals surface area contributed by atoms with Gasteiger partial charge in [-0.1, -0.05) is 30.3 Å². The van der Waals surface area contributed by atoms with Gasteiger partial charge >= 0.3 is 16.3 Å². The standard InChI is InChI=1S/C21H26N4O4S/c26-21(27)23-14-6-12-22(16-17-23)13-7-15-24-19-10-4-5-11-20(19)25(30(24,28)29)18-8-2-1-3-9-18/h1-5,8-11H,6-7,12-17H2,(H,26,27). The van der Waals surface area contributed by atoms with E-state index < -0.39 is 16.3 Å². The lowest BCUT2D eigenvalue weighted by Crippen LogP contribution is -2.38. The molecular weight excluding hydrogens is 404 g/mol. The van der Waals surface area contributed by atoms with Crippen LogP contribution in [0.3, 0.4) is 0 Å². The topological polar surface area (TPSA) is 84.4 Å². The molecule has 1 saturated heterocycles. The van der Waals surface area contributed by atoms with Crippen molar-refractivity contribution in [2.45, 2.75) is 12.8 Å². The molecule has 2 aliphatic heterocycles. The molecule has 1 amide bonds. The SMILES string of the molecule is O=C(O)N1CCCN(CCCN2c3ccccc3N(c3ccccc3)S2(=O)=O)CC1. The Hall–Kier alpha value is -2.78. The van der Waals surface area contributed by atoms with E-state index >= 15 is 0 Å². The quantitative estimate of drug-likeness (QED) is 0.788. The van der Waals surface area contributed by atoms with Gasteiger partial charge in [-0.3, -0.25) is 4.31 Å². The number of benzene rings is 2. The molecule has 1 fully saturated rings. The van der Waals surface area contributed by atoms with E-state index in [-0.39, 0.29) is 0 Å². The maximum atomic E-state index is 13.4. The molecule has 0 unspecified atom stereocenters. The summed E-state index contributed by atoms with van der Waals surface area (Å²) in [7, 11) is -3.71. The number of rotatable bonds is 5. The predicted molar refractivity (Wildman–Crippen MR) is 117 cm³/mol. The van der Waals surface area contributed by atoms with Crippen molar-refractivity contribution in [3.05, 3.63) is 54.6 Å². The fourth-order valence-electron chi connectivity index (χ4n) is 4.09. The third kappa shape index (κ3) is 3.95. The number of nitrogens with zero attached hydrogens (tertiary/aromatic N) is 4. The van der Waals surface area contributed by atoms with E-state index in [4.69, 9.17) is 5.11 Å². The Labute approximate surface area is 177 Å². The van der Waals surface area contributed by atoms with Gasteiger partial charge in [-0.05, 0) is 50.2 Å². The summed E-state index contributed by atoms with van der Waals surface area (Å²) < 4.78 is 29.6. The molecule has 2 aliphatic rings. The number of fused-ring (bicyclic) bond motifs is 1. The molecule has 0 saturated carbocycles. The molecule has 0 bridgehead atoms. The minimum atomic E-state index is -3.71. The highest BCUT2D eigenvalue weighted by molar-refractivity contribution is 7.95. The monoisotopic (exact) mass is 430 g/mol. The van der Waals surface area contributed by atoms with E-state index in [1.54, 1.807) is 12.1 Å². The average molecular weight is 431 g/mol. The van der Waals surface area contributed by atoms with Crippen molar-refractivity contribution in [1.82, 2.24) is 9.80 Å². The first-order valence-electron chi connectivity index (χ1n) is 10.2. The predicted octanol–water partition coefficient (Wildman–Crippen LogP) is 2.97. The Morgan fingerprint density at radius 1 is 0.867 bits per heavy atom. The van der Waals surface area contributed by atoms with Crippen LogP contribution < -0.4 is 8.61 Å². The van der Waals surface area contributed by atoms with Crippen LogP contribution in [-0.4, -0.2) is 68.7 Å². The lowest BCUT2D eigenvalue weighted by molar-refractivity contribution is 0.146. The smallest absolute Gasteiger partial charge is 0.407 e. The van der Waals surface area contributed by atoms with Gasteiger partial charge in [0.15, 0.2) is 0 Å². The molecule has 160 valence electrons. The van der Waals surface area contributed by atoms with Gasteiger partial charge < -0.3 is 14.9 Å². The molecule has 1 N–H and O–H groups in total. The first-order chi connectivity index (χ1) is 14.5. The Kier molecular flexibility index (Phi) is 5.83. The summed E-state index contributed by atoms with van der Waals surface area (Å²) in [5.41, 5.74) is 1.97. The maximum absolute atomic E-state index is 13.4. The van der Waals surface area contributed by atoms with Gasteiger partial charge in [0.2, 0.25) is 0 Å². The molecule has 0 aliphatic carbocycles. The molecule has 0 spiro atoms. The van der Waals surface area contributed by atoms with Gasteiger partial charge in [0.1, 0.15) is 0 Å². The van der Waals surface area contributed by atoms with Crippen molar-refractivity contribution in [3.8, 4) is 0 Å². The summed E-state index contributed by atoms with van der Waals surface area (Å²) >= 11 is 0.